The predicted molar refractivity (Wildman–Crippen MR) is 136 cm³/mol. The Morgan fingerprint density at radius 3 is 2.63 bits per heavy atom. The van der Waals surface area contributed by atoms with Crippen molar-refractivity contribution in [1.82, 2.24) is 10.2 Å². The van der Waals surface area contributed by atoms with Gasteiger partial charge in [-0.25, -0.2) is 0 Å². The standard InChI is InChI=1S/C28H36N2O8/c1-36-22-13-16(15-32)12-18-23-19(27(34)29-9-10-31)14-20(24(33)26(23)38-25(18)22)30(17-6-3-2-4-7-17)28(35)21-8-5-11-37-21/h12-15,17,20-21,23-24,26,31,33H,2-11H2,1H3,(H,29,34)/t20-,21?,23+,24+,26+/m1/s1. The van der Waals surface area contributed by atoms with Gasteiger partial charge in [0.15, 0.2) is 11.5 Å². The number of aliphatic hydroxyl groups excluding tert-OH is 2. The number of nitrogens with one attached hydrogen (secondary N) is 1. The SMILES string of the molecule is COc1cc(C=O)cc2c1O[C@@H]1[C@@H](O)[C@H](N(C(=O)C3CCCO3)C3CCCCC3)C=C(C(=O)NCCO)[C@H]21. The average molecular weight is 529 g/mol. The van der Waals surface area contributed by atoms with Gasteiger partial charge in [-0.2, -0.15) is 0 Å². The predicted octanol–water partition coefficient (Wildman–Crippen LogP) is 1.47. The van der Waals surface area contributed by atoms with E-state index in [1.54, 1.807) is 23.1 Å². The van der Waals surface area contributed by atoms with E-state index in [0.717, 1.165) is 38.5 Å². The number of methoxy groups -OCH3 is 1. The summed E-state index contributed by atoms with van der Waals surface area (Å²) in [7, 11) is 1.46. The van der Waals surface area contributed by atoms with E-state index in [4.69, 9.17) is 14.2 Å². The van der Waals surface area contributed by atoms with Crippen molar-refractivity contribution in [3.63, 3.8) is 0 Å². The summed E-state index contributed by atoms with van der Waals surface area (Å²) in [5, 5.41) is 23.8. The number of hydrogen-bond acceptors (Lipinski definition) is 8. The van der Waals surface area contributed by atoms with Gasteiger partial charge >= 0.3 is 0 Å². The number of aldehydes is 1. The number of carbonyl (C=O) groups excluding carboxylic acids is 3. The molecule has 10 nitrogen and oxygen atoms in total. The van der Waals surface area contributed by atoms with Gasteiger partial charge < -0.3 is 34.6 Å². The maximum Gasteiger partial charge on any atom is 0.252 e. The first kappa shape index (κ1) is 26.6. The third kappa shape index (κ3) is 4.81. The number of benzene rings is 1. The summed E-state index contributed by atoms with van der Waals surface area (Å²) in [5.41, 5.74) is 1.24. The second-order valence-corrected chi connectivity index (χ2v) is 10.4. The van der Waals surface area contributed by atoms with Crippen molar-refractivity contribution in [3.05, 3.63) is 34.9 Å². The van der Waals surface area contributed by atoms with Crippen LogP contribution in [0.1, 0.15) is 66.8 Å². The molecule has 1 unspecified atom stereocenters. The molecule has 38 heavy (non-hydrogen) atoms. The molecule has 4 aliphatic rings. The van der Waals surface area contributed by atoms with Crippen LogP contribution in [0.25, 0.3) is 0 Å². The number of fused-ring (bicyclic) bond motifs is 3. The highest BCUT2D eigenvalue weighted by Gasteiger charge is 2.53. The fourth-order valence-corrected chi connectivity index (χ4v) is 6.40. The second kappa shape index (κ2) is 11.4. The molecule has 5 atom stereocenters. The zero-order valence-corrected chi connectivity index (χ0v) is 21.6. The van der Waals surface area contributed by atoms with E-state index in [1.165, 1.54) is 7.11 Å². The van der Waals surface area contributed by atoms with Crippen LogP contribution in [0.4, 0.5) is 0 Å². The molecule has 206 valence electrons. The molecule has 0 aromatic heterocycles. The first-order chi connectivity index (χ1) is 18.5. The van der Waals surface area contributed by atoms with Crippen molar-refractivity contribution >= 4 is 18.1 Å². The zero-order valence-electron chi connectivity index (χ0n) is 21.6. The molecule has 3 N–H and O–H groups in total. The quantitative estimate of drug-likeness (QED) is 0.432. The maximum absolute atomic E-state index is 13.9. The lowest BCUT2D eigenvalue weighted by Crippen LogP contribution is -2.60. The van der Waals surface area contributed by atoms with E-state index < -0.39 is 36.2 Å². The van der Waals surface area contributed by atoms with Crippen molar-refractivity contribution < 1.29 is 38.8 Å². The molecule has 2 aliphatic heterocycles. The Morgan fingerprint density at radius 2 is 1.97 bits per heavy atom. The Hall–Kier alpha value is -2.95. The summed E-state index contributed by atoms with van der Waals surface area (Å²) in [6.45, 7) is 0.337. The van der Waals surface area contributed by atoms with Gasteiger partial charge in [0.05, 0.1) is 25.7 Å². The van der Waals surface area contributed by atoms with Crippen molar-refractivity contribution in [2.75, 3.05) is 26.9 Å². The largest absolute Gasteiger partial charge is 0.493 e. The zero-order chi connectivity index (χ0) is 26.8. The number of hydrogen-bond donors (Lipinski definition) is 3. The van der Waals surface area contributed by atoms with Crippen molar-refractivity contribution in [2.45, 2.75) is 81.3 Å². The molecule has 10 heteroatoms. The van der Waals surface area contributed by atoms with Gasteiger partial charge in [-0.15, -0.1) is 0 Å². The molecule has 1 aromatic rings. The molecule has 0 bridgehead atoms. The van der Waals surface area contributed by atoms with Crippen LogP contribution in [0.2, 0.25) is 0 Å². The molecule has 1 saturated carbocycles. The van der Waals surface area contributed by atoms with Crippen LogP contribution in [-0.2, 0) is 14.3 Å². The van der Waals surface area contributed by atoms with Crippen LogP contribution in [0.5, 0.6) is 11.5 Å². The topological polar surface area (TPSA) is 135 Å². The Labute approximate surface area is 221 Å². The van der Waals surface area contributed by atoms with Gasteiger partial charge in [-0.3, -0.25) is 14.4 Å². The first-order valence-corrected chi connectivity index (χ1v) is 13.5. The van der Waals surface area contributed by atoms with E-state index in [0.29, 0.717) is 47.5 Å². The fraction of sp³-hybridized carbons (Fsp3) is 0.607. The van der Waals surface area contributed by atoms with Gasteiger partial charge in [0.2, 0.25) is 5.91 Å². The number of carbonyl (C=O) groups is 3. The normalized spacial score (nSPS) is 28.5. The van der Waals surface area contributed by atoms with E-state index in [2.05, 4.69) is 5.32 Å². The Kier molecular flexibility index (Phi) is 8.01. The molecule has 0 radical (unpaired) electrons. The fourth-order valence-electron chi connectivity index (χ4n) is 6.40. The Morgan fingerprint density at radius 1 is 1.18 bits per heavy atom. The minimum absolute atomic E-state index is 0.0490. The number of nitrogens with zero attached hydrogens (tertiary/aromatic N) is 1. The maximum atomic E-state index is 13.9. The van der Waals surface area contributed by atoms with Crippen molar-refractivity contribution in [3.8, 4) is 11.5 Å². The number of ether oxygens (including phenoxy) is 3. The lowest BCUT2D eigenvalue weighted by atomic mass is 9.76. The molecule has 2 heterocycles. The monoisotopic (exact) mass is 528 g/mol. The van der Waals surface area contributed by atoms with Crippen LogP contribution in [0.3, 0.4) is 0 Å². The number of aliphatic hydroxyl groups is 2. The molecular weight excluding hydrogens is 492 g/mol. The minimum Gasteiger partial charge on any atom is -0.493 e. The third-order valence-corrected chi connectivity index (χ3v) is 8.16. The van der Waals surface area contributed by atoms with Gasteiger partial charge in [-0.05, 0) is 43.9 Å². The highest BCUT2D eigenvalue weighted by atomic mass is 16.5. The number of amides is 2. The van der Waals surface area contributed by atoms with Gasteiger partial charge in [0, 0.05) is 35.9 Å². The molecule has 2 aliphatic carbocycles. The molecule has 2 fully saturated rings. The third-order valence-electron chi connectivity index (χ3n) is 8.16. The van der Waals surface area contributed by atoms with Crippen LogP contribution in [0, 0.1) is 0 Å². The lowest BCUT2D eigenvalue weighted by molar-refractivity contribution is -0.151. The van der Waals surface area contributed by atoms with Crippen LogP contribution >= 0.6 is 0 Å². The Balaban J connectivity index is 1.59. The average Bonchev–Trinajstić information content (AvgIpc) is 3.62. The van der Waals surface area contributed by atoms with E-state index >= 15 is 0 Å². The lowest BCUT2D eigenvalue weighted by Gasteiger charge is -2.45. The van der Waals surface area contributed by atoms with E-state index in [9.17, 15) is 24.6 Å². The summed E-state index contributed by atoms with van der Waals surface area (Å²) in [4.78, 5) is 40.7. The smallest absolute Gasteiger partial charge is 0.252 e. The van der Waals surface area contributed by atoms with Crippen LogP contribution in [0.15, 0.2) is 23.8 Å². The molecule has 1 saturated heterocycles. The highest BCUT2D eigenvalue weighted by Crippen LogP contribution is 2.51. The Bertz CT molecular complexity index is 1090. The van der Waals surface area contributed by atoms with Gasteiger partial charge in [-0.1, -0.05) is 19.3 Å². The molecular formula is C28H36N2O8. The van der Waals surface area contributed by atoms with Crippen LogP contribution in [-0.4, -0.2) is 90.5 Å². The summed E-state index contributed by atoms with van der Waals surface area (Å²) in [6.07, 6.45) is 5.89. The summed E-state index contributed by atoms with van der Waals surface area (Å²) in [5.74, 6) is -0.582. The number of rotatable bonds is 8. The second-order valence-electron chi connectivity index (χ2n) is 10.4. The van der Waals surface area contributed by atoms with Crippen molar-refractivity contribution in [2.24, 2.45) is 0 Å². The summed E-state index contributed by atoms with van der Waals surface area (Å²) < 4.78 is 17.5. The molecule has 2 amide bonds. The molecule has 5 rings (SSSR count). The molecule has 0 spiro atoms. The van der Waals surface area contributed by atoms with Crippen molar-refractivity contribution in [1.29, 1.82) is 0 Å². The van der Waals surface area contributed by atoms with E-state index in [-0.39, 0.29) is 25.1 Å². The minimum atomic E-state index is -1.14. The molecule has 1 aromatic carbocycles. The van der Waals surface area contributed by atoms with Crippen LogP contribution < -0.4 is 14.8 Å². The highest BCUT2D eigenvalue weighted by molar-refractivity contribution is 5.96. The summed E-state index contributed by atoms with van der Waals surface area (Å²) in [6, 6.07) is 2.30. The summed E-state index contributed by atoms with van der Waals surface area (Å²) >= 11 is 0. The van der Waals surface area contributed by atoms with E-state index in [1.807, 2.05) is 0 Å². The first-order valence-electron chi connectivity index (χ1n) is 13.5. The van der Waals surface area contributed by atoms with Gasteiger partial charge in [0.25, 0.3) is 5.91 Å². The van der Waals surface area contributed by atoms with Gasteiger partial charge in [0.1, 0.15) is 24.6 Å².